The van der Waals surface area contributed by atoms with Crippen molar-refractivity contribution in [1.82, 2.24) is 0 Å². The Hall–Kier alpha value is -2.07. The minimum atomic E-state index is -0.412. The first kappa shape index (κ1) is 11.4. The molecule has 0 unspecified atom stereocenters. The highest BCUT2D eigenvalue weighted by molar-refractivity contribution is 5.54. The van der Waals surface area contributed by atoms with Gasteiger partial charge in [0.05, 0.1) is 12.3 Å². The Bertz CT molecular complexity index is 529. The van der Waals surface area contributed by atoms with Crippen LogP contribution in [-0.4, -0.2) is 5.11 Å². The number of aliphatic hydroxyl groups excluding tert-OH is 1. The molecule has 0 heterocycles. The first-order chi connectivity index (χ1) is 8.20. The van der Waals surface area contributed by atoms with E-state index in [2.05, 4.69) is 0 Å². The Kier molecular flexibility index (Phi) is 3.25. The van der Waals surface area contributed by atoms with Gasteiger partial charge in [0.25, 0.3) is 0 Å². The summed E-state index contributed by atoms with van der Waals surface area (Å²) in [5, 5.41) is 9.14. The SMILES string of the molecule is Nc1cc(F)ccc1Oc1ccccc1CO. The second kappa shape index (κ2) is 4.84. The third kappa shape index (κ3) is 2.54. The smallest absolute Gasteiger partial charge is 0.150 e. The van der Waals surface area contributed by atoms with Crippen LogP contribution in [0, 0.1) is 5.82 Å². The monoisotopic (exact) mass is 233 g/mol. The zero-order chi connectivity index (χ0) is 12.3. The van der Waals surface area contributed by atoms with Crippen molar-refractivity contribution in [1.29, 1.82) is 0 Å². The van der Waals surface area contributed by atoms with Crippen LogP contribution in [0.25, 0.3) is 0 Å². The number of ether oxygens (including phenoxy) is 1. The molecule has 2 aromatic carbocycles. The minimum Gasteiger partial charge on any atom is -0.455 e. The van der Waals surface area contributed by atoms with E-state index in [0.29, 0.717) is 17.1 Å². The lowest BCUT2D eigenvalue weighted by Crippen LogP contribution is -1.95. The predicted molar refractivity (Wildman–Crippen MR) is 63.3 cm³/mol. The fourth-order valence-corrected chi connectivity index (χ4v) is 1.46. The number of para-hydroxylation sites is 1. The Morgan fingerprint density at radius 1 is 1.12 bits per heavy atom. The van der Waals surface area contributed by atoms with Crippen molar-refractivity contribution in [2.75, 3.05) is 5.73 Å². The molecular weight excluding hydrogens is 221 g/mol. The molecule has 0 radical (unpaired) electrons. The largest absolute Gasteiger partial charge is 0.455 e. The van der Waals surface area contributed by atoms with Gasteiger partial charge in [-0.2, -0.15) is 0 Å². The number of benzene rings is 2. The maximum atomic E-state index is 12.9. The molecule has 0 spiro atoms. The third-order valence-electron chi connectivity index (χ3n) is 2.33. The average Bonchev–Trinajstić information content (AvgIpc) is 2.33. The number of anilines is 1. The summed E-state index contributed by atoms with van der Waals surface area (Å²) in [4.78, 5) is 0. The van der Waals surface area contributed by atoms with Gasteiger partial charge in [-0.1, -0.05) is 18.2 Å². The molecule has 17 heavy (non-hydrogen) atoms. The lowest BCUT2D eigenvalue weighted by atomic mass is 10.2. The number of rotatable bonds is 3. The summed E-state index contributed by atoms with van der Waals surface area (Å²) in [7, 11) is 0. The lowest BCUT2D eigenvalue weighted by molar-refractivity contribution is 0.276. The topological polar surface area (TPSA) is 55.5 Å². The first-order valence-electron chi connectivity index (χ1n) is 5.12. The summed E-state index contributed by atoms with van der Waals surface area (Å²) < 4.78 is 18.4. The number of nitrogen functional groups attached to an aromatic ring is 1. The van der Waals surface area contributed by atoms with Crippen molar-refractivity contribution >= 4 is 5.69 Å². The summed E-state index contributed by atoms with van der Waals surface area (Å²) >= 11 is 0. The van der Waals surface area contributed by atoms with E-state index in [-0.39, 0.29) is 12.3 Å². The molecule has 2 aromatic rings. The highest BCUT2D eigenvalue weighted by Gasteiger charge is 2.06. The van der Waals surface area contributed by atoms with Gasteiger partial charge in [-0.25, -0.2) is 4.39 Å². The second-order valence-corrected chi connectivity index (χ2v) is 3.55. The molecule has 0 fully saturated rings. The second-order valence-electron chi connectivity index (χ2n) is 3.55. The summed E-state index contributed by atoms with van der Waals surface area (Å²) in [6.45, 7) is -0.128. The van der Waals surface area contributed by atoms with Gasteiger partial charge in [0.1, 0.15) is 11.6 Å². The molecule has 0 saturated heterocycles. The zero-order valence-corrected chi connectivity index (χ0v) is 9.06. The van der Waals surface area contributed by atoms with Crippen molar-refractivity contribution < 1.29 is 14.2 Å². The van der Waals surface area contributed by atoms with Gasteiger partial charge in [0.15, 0.2) is 5.75 Å². The quantitative estimate of drug-likeness (QED) is 0.801. The maximum absolute atomic E-state index is 12.9. The van der Waals surface area contributed by atoms with Gasteiger partial charge in [-0.3, -0.25) is 0 Å². The number of halogens is 1. The predicted octanol–water partition coefficient (Wildman–Crippen LogP) is 2.69. The van der Waals surface area contributed by atoms with Crippen molar-refractivity contribution in [3.05, 3.63) is 53.8 Å². The summed E-state index contributed by atoms with van der Waals surface area (Å²) in [5.41, 5.74) is 6.50. The molecule has 2 rings (SSSR count). The fraction of sp³-hybridized carbons (Fsp3) is 0.0769. The van der Waals surface area contributed by atoms with E-state index in [1.54, 1.807) is 24.3 Å². The Morgan fingerprint density at radius 2 is 1.88 bits per heavy atom. The van der Waals surface area contributed by atoms with Crippen molar-refractivity contribution in [3.63, 3.8) is 0 Å². The number of hydrogen-bond acceptors (Lipinski definition) is 3. The zero-order valence-electron chi connectivity index (χ0n) is 9.06. The molecule has 88 valence electrons. The molecule has 0 atom stereocenters. The number of nitrogens with two attached hydrogens (primary N) is 1. The van der Waals surface area contributed by atoms with E-state index < -0.39 is 5.82 Å². The van der Waals surface area contributed by atoms with Gasteiger partial charge in [-0.05, 0) is 18.2 Å². The van der Waals surface area contributed by atoms with Crippen LogP contribution < -0.4 is 10.5 Å². The van der Waals surface area contributed by atoms with E-state index in [0.717, 1.165) is 0 Å². The Labute approximate surface area is 98.3 Å². The van der Waals surface area contributed by atoms with E-state index in [1.807, 2.05) is 0 Å². The van der Waals surface area contributed by atoms with Gasteiger partial charge >= 0.3 is 0 Å². The highest BCUT2D eigenvalue weighted by Crippen LogP contribution is 2.30. The third-order valence-corrected chi connectivity index (χ3v) is 2.33. The van der Waals surface area contributed by atoms with Crippen LogP contribution in [0.4, 0.5) is 10.1 Å². The lowest BCUT2D eigenvalue weighted by Gasteiger charge is -2.11. The van der Waals surface area contributed by atoms with E-state index in [9.17, 15) is 4.39 Å². The molecular formula is C13H12FNO2. The molecule has 0 aliphatic carbocycles. The average molecular weight is 233 g/mol. The van der Waals surface area contributed by atoms with Crippen molar-refractivity contribution in [2.45, 2.75) is 6.61 Å². The molecule has 0 bridgehead atoms. The summed E-state index contributed by atoms with van der Waals surface area (Å²) in [6, 6.07) is 11.0. The van der Waals surface area contributed by atoms with Crippen LogP contribution in [0.1, 0.15) is 5.56 Å². The van der Waals surface area contributed by atoms with Gasteiger partial charge in [0, 0.05) is 11.6 Å². The normalized spacial score (nSPS) is 10.2. The van der Waals surface area contributed by atoms with Crippen LogP contribution in [-0.2, 0) is 6.61 Å². The van der Waals surface area contributed by atoms with Crippen molar-refractivity contribution in [3.8, 4) is 11.5 Å². The van der Waals surface area contributed by atoms with Crippen LogP contribution in [0.5, 0.6) is 11.5 Å². The van der Waals surface area contributed by atoms with Crippen LogP contribution in [0.3, 0.4) is 0 Å². The number of aliphatic hydroxyl groups is 1. The molecule has 0 amide bonds. The van der Waals surface area contributed by atoms with E-state index in [1.165, 1.54) is 18.2 Å². The van der Waals surface area contributed by atoms with Gasteiger partial charge in [0.2, 0.25) is 0 Å². The molecule has 3 nitrogen and oxygen atoms in total. The molecule has 0 saturated carbocycles. The van der Waals surface area contributed by atoms with Crippen LogP contribution >= 0.6 is 0 Å². The molecule has 0 aliphatic rings. The standard InChI is InChI=1S/C13H12FNO2/c14-10-5-6-13(11(15)7-10)17-12-4-2-1-3-9(12)8-16/h1-7,16H,8,15H2. The summed E-state index contributed by atoms with van der Waals surface area (Å²) in [5.74, 6) is 0.464. The Morgan fingerprint density at radius 3 is 2.59 bits per heavy atom. The van der Waals surface area contributed by atoms with Gasteiger partial charge < -0.3 is 15.6 Å². The number of hydrogen-bond donors (Lipinski definition) is 2. The molecule has 0 aliphatic heterocycles. The summed E-state index contributed by atoms with van der Waals surface area (Å²) in [6.07, 6.45) is 0. The molecule has 3 N–H and O–H groups in total. The molecule has 0 aromatic heterocycles. The molecule has 4 heteroatoms. The van der Waals surface area contributed by atoms with Gasteiger partial charge in [-0.15, -0.1) is 0 Å². The minimum absolute atomic E-state index is 0.128. The fourth-order valence-electron chi connectivity index (χ4n) is 1.46. The van der Waals surface area contributed by atoms with E-state index in [4.69, 9.17) is 15.6 Å². The van der Waals surface area contributed by atoms with Crippen LogP contribution in [0.15, 0.2) is 42.5 Å². The highest BCUT2D eigenvalue weighted by atomic mass is 19.1. The maximum Gasteiger partial charge on any atom is 0.150 e. The van der Waals surface area contributed by atoms with Crippen molar-refractivity contribution in [2.24, 2.45) is 0 Å². The van der Waals surface area contributed by atoms with Crippen LogP contribution in [0.2, 0.25) is 0 Å². The van der Waals surface area contributed by atoms with E-state index >= 15 is 0 Å². The Balaban J connectivity index is 2.31. The first-order valence-corrected chi connectivity index (χ1v) is 5.12.